The van der Waals surface area contributed by atoms with Gasteiger partial charge in [-0.1, -0.05) is 6.07 Å². The van der Waals surface area contributed by atoms with E-state index in [4.69, 9.17) is 0 Å². The van der Waals surface area contributed by atoms with Gasteiger partial charge in [0.25, 0.3) is 0 Å². The van der Waals surface area contributed by atoms with E-state index < -0.39 is 0 Å². The summed E-state index contributed by atoms with van der Waals surface area (Å²) in [6.07, 6.45) is 9.54. The maximum absolute atomic E-state index is 12.1. The summed E-state index contributed by atoms with van der Waals surface area (Å²) in [5, 5.41) is 5.20. The molecule has 0 unspecified atom stereocenters. The van der Waals surface area contributed by atoms with Crippen LogP contribution in [0.25, 0.3) is 0 Å². The lowest BCUT2D eigenvalue weighted by molar-refractivity contribution is -0.118. The van der Waals surface area contributed by atoms with Gasteiger partial charge in [0.1, 0.15) is 0 Å². The van der Waals surface area contributed by atoms with Crippen LogP contribution in [0.4, 0.5) is 0 Å². The van der Waals surface area contributed by atoms with Crippen LogP contribution in [0.2, 0.25) is 0 Å². The maximum Gasteiger partial charge on any atom is 0.230 e. The minimum atomic E-state index is 0.234. The summed E-state index contributed by atoms with van der Waals surface area (Å²) in [6.45, 7) is 0.779. The highest BCUT2D eigenvalue weighted by atomic mass is 32.2. The van der Waals surface area contributed by atoms with Crippen LogP contribution in [0.15, 0.2) is 17.5 Å². The Morgan fingerprint density at radius 2 is 1.91 bits per heavy atom. The van der Waals surface area contributed by atoms with Crippen molar-refractivity contribution >= 4 is 29.0 Å². The zero-order chi connectivity index (χ0) is 15.0. The smallest absolute Gasteiger partial charge is 0.230 e. The first kappa shape index (κ1) is 15.1. The van der Waals surface area contributed by atoms with Gasteiger partial charge < -0.3 is 5.32 Å². The molecule has 0 aromatic carbocycles. The molecule has 2 nitrogen and oxygen atoms in total. The van der Waals surface area contributed by atoms with E-state index in [1.54, 1.807) is 11.3 Å². The van der Waals surface area contributed by atoms with Crippen molar-refractivity contribution in [3.05, 3.63) is 22.4 Å². The van der Waals surface area contributed by atoms with Crippen LogP contribution >= 0.6 is 23.1 Å². The van der Waals surface area contributed by atoms with Crippen molar-refractivity contribution in [1.29, 1.82) is 0 Å². The zero-order valence-electron chi connectivity index (χ0n) is 13.1. The highest BCUT2D eigenvalue weighted by Gasteiger charge is 2.51. The third-order valence-corrected chi connectivity index (χ3v) is 8.22. The molecule has 1 N–H and O–H groups in total. The molecular formula is C18H25NOS2. The predicted octanol–water partition coefficient (Wildman–Crippen LogP) is 4.11. The van der Waals surface area contributed by atoms with E-state index in [0.29, 0.717) is 10.5 Å². The van der Waals surface area contributed by atoms with Gasteiger partial charge in [-0.2, -0.15) is 0 Å². The Labute approximate surface area is 141 Å². The zero-order valence-corrected chi connectivity index (χ0v) is 14.7. The summed E-state index contributed by atoms with van der Waals surface area (Å²) in [5.74, 6) is 3.82. The summed E-state index contributed by atoms with van der Waals surface area (Å²) in [5.41, 5.74) is 0. The normalized spacial score (nSPS) is 35.7. The Hall–Kier alpha value is -0.480. The van der Waals surface area contributed by atoms with Gasteiger partial charge in [-0.15, -0.1) is 23.1 Å². The first-order valence-corrected chi connectivity index (χ1v) is 10.5. The fourth-order valence-electron chi connectivity index (χ4n) is 5.26. The lowest BCUT2D eigenvalue weighted by atomic mass is 9.56. The lowest BCUT2D eigenvalue weighted by Crippen LogP contribution is -2.49. The van der Waals surface area contributed by atoms with Gasteiger partial charge in [0, 0.05) is 16.2 Å². The van der Waals surface area contributed by atoms with Crippen LogP contribution in [0.5, 0.6) is 0 Å². The number of amides is 1. The Kier molecular flexibility index (Phi) is 4.25. The molecule has 0 radical (unpaired) electrons. The molecule has 1 aromatic heterocycles. The van der Waals surface area contributed by atoms with E-state index in [-0.39, 0.29) is 5.91 Å². The molecule has 4 bridgehead atoms. The monoisotopic (exact) mass is 335 g/mol. The molecule has 4 heteroatoms. The second-order valence-electron chi connectivity index (χ2n) is 7.57. The number of hydrogen-bond acceptors (Lipinski definition) is 3. The predicted molar refractivity (Wildman–Crippen MR) is 94.4 cm³/mol. The summed E-state index contributed by atoms with van der Waals surface area (Å²) in [6, 6.07) is 4.21. The number of rotatable bonds is 6. The van der Waals surface area contributed by atoms with Crippen molar-refractivity contribution < 1.29 is 4.79 Å². The molecule has 4 aliphatic carbocycles. The van der Waals surface area contributed by atoms with Crippen molar-refractivity contribution in [3.8, 4) is 0 Å². The van der Waals surface area contributed by atoms with E-state index in [2.05, 4.69) is 22.8 Å². The van der Waals surface area contributed by atoms with E-state index in [1.165, 1.54) is 43.4 Å². The SMILES string of the molecule is O=C(CSC12CC3CC(CC(C3)C1)C2)NCCc1cccs1. The summed E-state index contributed by atoms with van der Waals surface area (Å²) in [7, 11) is 0. The van der Waals surface area contributed by atoms with E-state index in [0.717, 1.165) is 30.7 Å². The number of thioether (sulfide) groups is 1. The third-order valence-electron chi connectivity index (χ3n) is 5.77. The van der Waals surface area contributed by atoms with Crippen LogP contribution < -0.4 is 5.32 Å². The second-order valence-corrected chi connectivity index (χ2v) is 10.0. The molecule has 1 aromatic rings. The number of carbonyl (C=O) groups excluding carboxylic acids is 1. The molecule has 4 saturated carbocycles. The number of carbonyl (C=O) groups is 1. The van der Waals surface area contributed by atoms with Gasteiger partial charge in [-0.25, -0.2) is 0 Å². The molecule has 5 rings (SSSR count). The van der Waals surface area contributed by atoms with Gasteiger partial charge in [-0.3, -0.25) is 4.79 Å². The molecule has 1 heterocycles. The van der Waals surface area contributed by atoms with E-state index >= 15 is 0 Å². The first-order chi connectivity index (χ1) is 10.7. The average Bonchev–Trinajstić information content (AvgIpc) is 2.97. The topological polar surface area (TPSA) is 29.1 Å². The largest absolute Gasteiger partial charge is 0.355 e. The fraction of sp³-hybridized carbons (Fsp3) is 0.722. The molecule has 120 valence electrons. The Bertz CT molecular complexity index is 490. The Balaban J connectivity index is 1.23. The van der Waals surface area contributed by atoms with Crippen LogP contribution in [-0.2, 0) is 11.2 Å². The quantitative estimate of drug-likeness (QED) is 0.847. The molecule has 4 fully saturated rings. The lowest BCUT2D eigenvalue weighted by Gasteiger charge is -2.56. The molecule has 22 heavy (non-hydrogen) atoms. The van der Waals surface area contributed by atoms with Crippen molar-refractivity contribution in [3.63, 3.8) is 0 Å². The number of nitrogens with one attached hydrogen (secondary N) is 1. The summed E-state index contributed by atoms with van der Waals surface area (Å²) >= 11 is 3.75. The molecule has 4 aliphatic rings. The fourth-order valence-corrected chi connectivity index (χ4v) is 7.57. The van der Waals surface area contributed by atoms with Gasteiger partial charge in [0.05, 0.1) is 5.75 Å². The van der Waals surface area contributed by atoms with Gasteiger partial charge >= 0.3 is 0 Å². The molecule has 0 aliphatic heterocycles. The second kappa shape index (κ2) is 6.20. The molecule has 0 atom stereocenters. The third kappa shape index (κ3) is 3.23. The highest BCUT2D eigenvalue weighted by molar-refractivity contribution is 8.01. The Morgan fingerprint density at radius 3 is 2.50 bits per heavy atom. The minimum Gasteiger partial charge on any atom is -0.355 e. The van der Waals surface area contributed by atoms with E-state index in [9.17, 15) is 4.79 Å². The van der Waals surface area contributed by atoms with Crippen molar-refractivity contribution in [2.24, 2.45) is 17.8 Å². The maximum atomic E-state index is 12.1. The van der Waals surface area contributed by atoms with Crippen LogP contribution in [0.3, 0.4) is 0 Å². The van der Waals surface area contributed by atoms with Gasteiger partial charge in [0.2, 0.25) is 5.91 Å². The van der Waals surface area contributed by atoms with Crippen LogP contribution in [-0.4, -0.2) is 23.0 Å². The number of hydrogen-bond donors (Lipinski definition) is 1. The average molecular weight is 336 g/mol. The van der Waals surface area contributed by atoms with Crippen LogP contribution in [0, 0.1) is 17.8 Å². The standard InChI is InChI=1S/C18H25NOS2/c20-17(19-4-3-16-2-1-5-21-16)12-22-18-9-13-6-14(10-18)8-15(7-13)11-18/h1-2,5,13-15H,3-4,6-12H2,(H,19,20). The number of thiophene rings is 1. The first-order valence-electron chi connectivity index (χ1n) is 8.64. The summed E-state index contributed by atoms with van der Waals surface area (Å²) in [4.78, 5) is 13.5. The molecular weight excluding hydrogens is 310 g/mol. The molecule has 0 saturated heterocycles. The van der Waals surface area contributed by atoms with Crippen molar-refractivity contribution in [2.75, 3.05) is 12.3 Å². The van der Waals surface area contributed by atoms with Crippen LogP contribution in [0.1, 0.15) is 43.4 Å². The highest BCUT2D eigenvalue weighted by Crippen LogP contribution is 2.60. The van der Waals surface area contributed by atoms with Gasteiger partial charge in [0.15, 0.2) is 0 Å². The Morgan fingerprint density at radius 1 is 1.23 bits per heavy atom. The van der Waals surface area contributed by atoms with Gasteiger partial charge in [-0.05, 0) is 74.1 Å². The van der Waals surface area contributed by atoms with Crippen molar-refractivity contribution in [2.45, 2.75) is 49.7 Å². The molecule has 1 amide bonds. The molecule has 0 spiro atoms. The van der Waals surface area contributed by atoms with E-state index in [1.807, 2.05) is 11.8 Å². The van der Waals surface area contributed by atoms with Crippen molar-refractivity contribution in [1.82, 2.24) is 5.32 Å². The minimum absolute atomic E-state index is 0.234. The summed E-state index contributed by atoms with van der Waals surface area (Å²) < 4.78 is 0.458.